The Morgan fingerprint density at radius 2 is 2.00 bits per heavy atom. The number of aryl methyl sites for hydroxylation is 1. The number of aromatic nitrogens is 4. The van der Waals surface area contributed by atoms with Crippen molar-refractivity contribution in [1.29, 1.82) is 0 Å². The zero-order valence-corrected chi connectivity index (χ0v) is 11.3. The molecular weight excluding hydrogens is 283 g/mol. The SMILES string of the molecule is Cn1ncc2c(Cl)nc(COc3ccc(F)cc3)nc21. The Balaban J connectivity index is 1.83. The molecule has 7 heteroatoms. The minimum Gasteiger partial charge on any atom is -0.486 e. The lowest BCUT2D eigenvalue weighted by atomic mass is 10.3. The Morgan fingerprint density at radius 3 is 2.75 bits per heavy atom. The molecule has 0 unspecified atom stereocenters. The van der Waals surface area contributed by atoms with Crippen LogP contribution in [0, 0.1) is 5.82 Å². The molecule has 0 N–H and O–H groups in total. The van der Waals surface area contributed by atoms with E-state index in [0.717, 1.165) is 0 Å². The number of ether oxygens (including phenoxy) is 1. The first-order valence-corrected chi connectivity index (χ1v) is 6.24. The lowest BCUT2D eigenvalue weighted by Gasteiger charge is -2.06. The molecule has 3 rings (SSSR count). The van der Waals surface area contributed by atoms with E-state index in [1.54, 1.807) is 30.1 Å². The van der Waals surface area contributed by atoms with Gasteiger partial charge in [0, 0.05) is 7.05 Å². The molecule has 0 saturated heterocycles. The summed E-state index contributed by atoms with van der Waals surface area (Å²) in [6, 6.07) is 5.74. The van der Waals surface area contributed by atoms with E-state index >= 15 is 0 Å². The molecule has 0 radical (unpaired) electrons. The van der Waals surface area contributed by atoms with Gasteiger partial charge in [-0.05, 0) is 24.3 Å². The normalized spacial score (nSPS) is 10.9. The van der Waals surface area contributed by atoms with Crippen LogP contribution < -0.4 is 4.74 Å². The number of hydrogen-bond donors (Lipinski definition) is 0. The number of nitrogens with zero attached hydrogens (tertiary/aromatic N) is 4. The third-order valence-corrected chi connectivity index (χ3v) is 3.06. The van der Waals surface area contributed by atoms with Gasteiger partial charge in [-0.1, -0.05) is 11.6 Å². The van der Waals surface area contributed by atoms with E-state index in [0.29, 0.717) is 27.8 Å². The van der Waals surface area contributed by atoms with Gasteiger partial charge >= 0.3 is 0 Å². The number of benzene rings is 1. The van der Waals surface area contributed by atoms with Crippen LogP contribution in [0.5, 0.6) is 5.75 Å². The third-order valence-electron chi connectivity index (χ3n) is 2.77. The highest BCUT2D eigenvalue weighted by Crippen LogP contribution is 2.20. The second-order valence-corrected chi connectivity index (χ2v) is 4.54. The van der Waals surface area contributed by atoms with Crippen molar-refractivity contribution in [2.75, 3.05) is 0 Å². The van der Waals surface area contributed by atoms with E-state index in [9.17, 15) is 4.39 Å². The monoisotopic (exact) mass is 292 g/mol. The molecule has 0 aliphatic rings. The standard InChI is InChI=1S/C13H10ClFN4O/c1-19-13-10(6-16-19)12(14)17-11(18-13)7-20-9-4-2-8(15)3-5-9/h2-6H,7H2,1H3. The molecule has 102 valence electrons. The molecule has 2 heterocycles. The summed E-state index contributed by atoms with van der Waals surface area (Å²) >= 11 is 6.07. The molecule has 0 spiro atoms. The van der Waals surface area contributed by atoms with Crippen LogP contribution in [-0.4, -0.2) is 19.7 Å². The molecule has 5 nitrogen and oxygen atoms in total. The molecule has 0 amide bonds. The maximum absolute atomic E-state index is 12.8. The highest BCUT2D eigenvalue weighted by atomic mass is 35.5. The summed E-state index contributed by atoms with van der Waals surface area (Å²) in [5, 5.41) is 5.10. The van der Waals surface area contributed by atoms with Gasteiger partial charge in [0.2, 0.25) is 0 Å². The lowest BCUT2D eigenvalue weighted by molar-refractivity contribution is 0.296. The molecule has 0 atom stereocenters. The smallest absolute Gasteiger partial charge is 0.170 e. The molecule has 3 aromatic rings. The average Bonchev–Trinajstić information content (AvgIpc) is 2.81. The Bertz CT molecular complexity index is 757. The molecule has 2 aromatic heterocycles. The van der Waals surface area contributed by atoms with Crippen molar-refractivity contribution in [2.24, 2.45) is 7.05 Å². The summed E-state index contributed by atoms with van der Waals surface area (Å²) in [6.45, 7) is 0.145. The van der Waals surface area contributed by atoms with Gasteiger partial charge < -0.3 is 4.74 Å². The predicted octanol–water partition coefficient (Wildman–Crippen LogP) is 2.73. The minimum absolute atomic E-state index is 0.145. The van der Waals surface area contributed by atoms with Crippen LogP contribution in [0.3, 0.4) is 0 Å². The molecule has 1 aromatic carbocycles. The zero-order valence-electron chi connectivity index (χ0n) is 10.5. The fourth-order valence-corrected chi connectivity index (χ4v) is 2.00. The minimum atomic E-state index is -0.312. The van der Waals surface area contributed by atoms with Crippen LogP contribution in [-0.2, 0) is 13.7 Å². The maximum atomic E-state index is 12.8. The summed E-state index contributed by atoms with van der Waals surface area (Å²) in [5.74, 6) is 0.666. The molecule has 0 bridgehead atoms. The van der Waals surface area contributed by atoms with E-state index in [4.69, 9.17) is 16.3 Å². The van der Waals surface area contributed by atoms with Crippen molar-refractivity contribution in [1.82, 2.24) is 19.7 Å². The summed E-state index contributed by atoms with van der Waals surface area (Å²) in [4.78, 5) is 8.48. The van der Waals surface area contributed by atoms with Crippen LogP contribution in [0.25, 0.3) is 11.0 Å². The van der Waals surface area contributed by atoms with Crippen LogP contribution in [0.1, 0.15) is 5.82 Å². The number of rotatable bonds is 3. The summed E-state index contributed by atoms with van der Waals surface area (Å²) < 4.78 is 19.9. The van der Waals surface area contributed by atoms with Crippen molar-refractivity contribution in [3.05, 3.63) is 47.3 Å². The van der Waals surface area contributed by atoms with E-state index in [2.05, 4.69) is 15.1 Å². The summed E-state index contributed by atoms with van der Waals surface area (Å²) in [6.07, 6.45) is 1.61. The van der Waals surface area contributed by atoms with Gasteiger partial charge in [-0.3, -0.25) is 4.68 Å². The third kappa shape index (κ3) is 2.42. The average molecular weight is 293 g/mol. The zero-order chi connectivity index (χ0) is 14.1. The van der Waals surface area contributed by atoms with Gasteiger partial charge in [0.1, 0.15) is 23.3 Å². The summed E-state index contributed by atoms with van der Waals surface area (Å²) in [7, 11) is 1.77. The van der Waals surface area contributed by atoms with Gasteiger partial charge in [-0.2, -0.15) is 5.10 Å². The van der Waals surface area contributed by atoms with Gasteiger partial charge in [-0.25, -0.2) is 14.4 Å². The van der Waals surface area contributed by atoms with E-state index in [1.807, 2.05) is 0 Å². The first kappa shape index (κ1) is 12.8. The Labute approximate surface area is 119 Å². The van der Waals surface area contributed by atoms with Crippen molar-refractivity contribution in [3.63, 3.8) is 0 Å². The maximum Gasteiger partial charge on any atom is 0.170 e. The fraction of sp³-hybridized carbons (Fsp3) is 0.154. The number of hydrogen-bond acceptors (Lipinski definition) is 4. The topological polar surface area (TPSA) is 52.8 Å². The van der Waals surface area contributed by atoms with Gasteiger partial charge in [-0.15, -0.1) is 0 Å². The molecule has 20 heavy (non-hydrogen) atoms. The first-order valence-electron chi connectivity index (χ1n) is 5.86. The van der Waals surface area contributed by atoms with Gasteiger partial charge in [0.15, 0.2) is 11.5 Å². The number of fused-ring (bicyclic) bond motifs is 1. The number of halogens is 2. The highest BCUT2D eigenvalue weighted by Gasteiger charge is 2.10. The second kappa shape index (κ2) is 5.05. The second-order valence-electron chi connectivity index (χ2n) is 4.18. The predicted molar refractivity (Wildman–Crippen MR) is 72.0 cm³/mol. The first-order chi connectivity index (χ1) is 9.63. The Hall–Kier alpha value is -2.21. The highest BCUT2D eigenvalue weighted by molar-refractivity contribution is 6.33. The van der Waals surface area contributed by atoms with Crippen LogP contribution in [0.4, 0.5) is 4.39 Å². The molecular formula is C13H10ClFN4O. The quantitative estimate of drug-likeness (QED) is 0.697. The Kier molecular flexibility index (Phi) is 3.23. The molecule has 0 aliphatic carbocycles. The van der Waals surface area contributed by atoms with E-state index in [1.165, 1.54) is 12.1 Å². The largest absolute Gasteiger partial charge is 0.486 e. The Morgan fingerprint density at radius 1 is 1.25 bits per heavy atom. The van der Waals surface area contributed by atoms with Crippen molar-refractivity contribution >= 4 is 22.6 Å². The van der Waals surface area contributed by atoms with Crippen LogP contribution >= 0.6 is 11.6 Å². The van der Waals surface area contributed by atoms with Crippen molar-refractivity contribution < 1.29 is 9.13 Å². The molecule has 0 saturated carbocycles. The van der Waals surface area contributed by atoms with Crippen LogP contribution in [0.2, 0.25) is 5.15 Å². The van der Waals surface area contributed by atoms with Crippen molar-refractivity contribution in [2.45, 2.75) is 6.61 Å². The van der Waals surface area contributed by atoms with Gasteiger partial charge in [0.25, 0.3) is 0 Å². The fourth-order valence-electron chi connectivity index (χ4n) is 1.77. The lowest BCUT2D eigenvalue weighted by Crippen LogP contribution is -2.03. The molecule has 0 aliphatic heterocycles. The summed E-state index contributed by atoms with van der Waals surface area (Å²) in [5.41, 5.74) is 0.641. The van der Waals surface area contributed by atoms with Gasteiger partial charge in [0.05, 0.1) is 11.6 Å². The van der Waals surface area contributed by atoms with Crippen LogP contribution in [0.15, 0.2) is 30.5 Å². The molecule has 0 fully saturated rings. The van der Waals surface area contributed by atoms with E-state index < -0.39 is 0 Å². The van der Waals surface area contributed by atoms with E-state index in [-0.39, 0.29) is 12.4 Å². The van der Waals surface area contributed by atoms with Crippen molar-refractivity contribution in [3.8, 4) is 5.75 Å².